The van der Waals surface area contributed by atoms with Gasteiger partial charge in [0.25, 0.3) is 0 Å². The molecule has 128 valence electrons. The van der Waals surface area contributed by atoms with Gasteiger partial charge in [-0.15, -0.1) is 0 Å². The summed E-state index contributed by atoms with van der Waals surface area (Å²) in [6, 6.07) is 0. The van der Waals surface area contributed by atoms with Crippen molar-refractivity contribution in [3.63, 3.8) is 0 Å². The van der Waals surface area contributed by atoms with Crippen molar-refractivity contribution in [2.24, 2.45) is 23.7 Å². The molecule has 1 aliphatic heterocycles. The van der Waals surface area contributed by atoms with Gasteiger partial charge >= 0.3 is 137 Å². The number of hydrogen-bond donors (Lipinski definition) is 0. The Hall–Kier alpha value is -0.330. The van der Waals surface area contributed by atoms with Gasteiger partial charge in [-0.1, -0.05) is 0 Å². The summed E-state index contributed by atoms with van der Waals surface area (Å²) in [6.45, 7) is 6.53. The van der Waals surface area contributed by atoms with E-state index in [0.717, 1.165) is 28.1 Å². The average Bonchev–Trinajstić information content (AvgIpc) is 3.07. The minimum atomic E-state index is -2.53. The van der Waals surface area contributed by atoms with Crippen LogP contribution in [0.1, 0.15) is 40.0 Å². The van der Waals surface area contributed by atoms with E-state index in [9.17, 15) is 9.59 Å². The van der Waals surface area contributed by atoms with Crippen LogP contribution in [0.3, 0.4) is 0 Å². The van der Waals surface area contributed by atoms with Crippen LogP contribution in [-0.2, 0) is 14.3 Å². The molecule has 3 rings (SSSR count). The third-order valence-corrected chi connectivity index (χ3v) is 14.5. The Labute approximate surface area is 137 Å². The molecular weight excluding hydrogens is 395 g/mol. The van der Waals surface area contributed by atoms with E-state index in [4.69, 9.17) is 9.47 Å². The molecule has 0 radical (unpaired) electrons. The maximum atomic E-state index is 12.8. The summed E-state index contributed by atoms with van der Waals surface area (Å²) < 4.78 is 13.4. The quantitative estimate of drug-likeness (QED) is 0.260. The third kappa shape index (κ3) is 2.67. The van der Waals surface area contributed by atoms with Crippen molar-refractivity contribution in [2.75, 3.05) is 13.8 Å². The van der Waals surface area contributed by atoms with Gasteiger partial charge < -0.3 is 0 Å². The van der Waals surface area contributed by atoms with Crippen LogP contribution < -0.4 is 18.4 Å². The van der Waals surface area contributed by atoms with Gasteiger partial charge in [-0.05, 0) is 0 Å². The molecule has 0 spiro atoms. The molecule has 4 nitrogen and oxygen atoms in total. The number of esters is 1. The SMILES string of the molecule is CC[I-](C)(CCC(C)C)C(=O)OC1C2CC3OC(=O)C1C3C2. The van der Waals surface area contributed by atoms with Crippen molar-refractivity contribution >= 4 is 9.95 Å². The summed E-state index contributed by atoms with van der Waals surface area (Å²) >= 11 is -2.53. The van der Waals surface area contributed by atoms with Crippen molar-refractivity contribution in [3.8, 4) is 0 Å². The number of carbonyl (C=O) groups excluding carboxylic acids is 2. The zero-order valence-corrected chi connectivity index (χ0v) is 16.2. The summed E-state index contributed by atoms with van der Waals surface area (Å²) in [5.41, 5.74) is 0. The Bertz CT molecular complexity index is 475. The van der Waals surface area contributed by atoms with Crippen LogP contribution in [0.4, 0.5) is 4.79 Å². The monoisotopic (exact) mass is 423 g/mol. The van der Waals surface area contributed by atoms with Crippen molar-refractivity contribution in [1.29, 1.82) is 0 Å². The van der Waals surface area contributed by atoms with Gasteiger partial charge in [0.2, 0.25) is 0 Å². The van der Waals surface area contributed by atoms with Crippen molar-refractivity contribution in [1.82, 2.24) is 0 Å². The Morgan fingerprint density at radius 3 is 2.77 bits per heavy atom. The van der Waals surface area contributed by atoms with E-state index in [1.807, 2.05) is 0 Å². The van der Waals surface area contributed by atoms with Crippen LogP contribution in [0.2, 0.25) is 0 Å². The summed E-state index contributed by atoms with van der Waals surface area (Å²) in [7, 11) is 0. The summed E-state index contributed by atoms with van der Waals surface area (Å²) in [6.07, 6.45) is 2.90. The van der Waals surface area contributed by atoms with E-state index in [0.29, 0.717) is 17.8 Å². The first-order chi connectivity index (χ1) is 10.4. The van der Waals surface area contributed by atoms with Crippen LogP contribution >= 0.6 is 0 Å². The molecule has 5 heteroatoms. The van der Waals surface area contributed by atoms with Crippen LogP contribution in [0.5, 0.6) is 0 Å². The fourth-order valence-electron chi connectivity index (χ4n) is 4.09. The summed E-state index contributed by atoms with van der Waals surface area (Å²) in [5, 5.41) is 0. The maximum absolute atomic E-state index is 12.8. The van der Waals surface area contributed by atoms with Crippen molar-refractivity contribution in [2.45, 2.75) is 52.2 Å². The van der Waals surface area contributed by atoms with Gasteiger partial charge in [-0.2, -0.15) is 0 Å². The van der Waals surface area contributed by atoms with Crippen LogP contribution in [0.25, 0.3) is 0 Å². The van der Waals surface area contributed by atoms with Crippen molar-refractivity contribution in [3.05, 3.63) is 0 Å². The van der Waals surface area contributed by atoms with Gasteiger partial charge in [0.1, 0.15) is 0 Å². The number of halogens is 1. The third-order valence-electron chi connectivity index (χ3n) is 5.70. The van der Waals surface area contributed by atoms with Gasteiger partial charge in [0.05, 0.1) is 0 Å². The van der Waals surface area contributed by atoms with Gasteiger partial charge in [-0.3, -0.25) is 0 Å². The fraction of sp³-hybridized carbons (Fsp3) is 0.882. The normalized spacial score (nSPS) is 39.7. The topological polar surface area (TPSA) is 52.6 Å². The average molecular weight is 423 g/mol. The van der Waals surface area contributed by atoms with E-state index >= 15 is 0 Å². The molecule has 0 aromatic heterocycles. The predicted molar refractivity (Wildman–Crippen MR) is 80.6 cm³/mol. The second-order valence-corrected chi connectivity index (χ2v) is 17.8. The molecule has 3 fully saturated rings. The molecule has 1 heterocycles. The van der Waals surface area contributed by atoms with E-state index in [-0.39, 0.29) is 28.1 Å². The number of rotatable bonds is 6. The number of ether oxygens (including phenoxy) is 2. The van der Waals surface area contributed by atoms with Gasteiger partial charge in [0, 0.05) is 0 Å². The zero-order chi connectivity index (χ0) is 16.1. The van der Waals surface area contributed by atoms with E-state index in [1.54, 1.807) is 0 Å². The molecule has 2 saturated carbocycles. The molecule has 2 aliphatic carbocycles. The van der Waals surface area contributed by atoms with E-state index in [1.165, 1.54) is 0 Å². The Morgan fingerprint density at radius 2 is 2.14 bits per heavy atom. The Kier molecular flexibility index (Phi) is 4.47. The van der Waals surface area contributed by atoms with Crippen molar-refractivity contribution < 1.29 is 37.5 Å². The fourth-order valence-corrected chi connectivity index (χ4v) is 9.44. The molecule has 0 N–H and O–H groups in total. The number of hydrogen-bond acceptors (Lipinski definition) is 4. The molecule has 6 unspecified atom stereocenters. The minimum absolute atomic E-state index is 0.0591. The van der Waals surface area contributed by atoms with E-state index in [2.05, 4.69) is 25.7 Å². The second kappa shape index (κ2) is 5.95. The summed E-state index contributed by atoms with van der Waals surface area (Å²) in [4.78, 5) is 27.0. The molecule has 3 aliphatic rings. The first-order valence-corrected chi connectivity index (χ1v) is 14.7. The van der Waals surface area contributed by atoms with E-state index < -0.39 is 18.4 Å². The molecule has 6 atom stereocenters. The Morgan fingerprint density at radius 1 is 1.41 bits per heavy atom. The molecule has 0 aromatic rings. The van der Waals surface area contributed by atoms with Crippen LogP contribution in [0, 0.1) is 23.7 Å². The standard InChI is InChI=1S/C17H28IO4/c1-5-18(4,7-6-10(2)3)17(20)22-15-11-8-12-13(9-11)21-16(19)14(12)15/h10-15H,5-9H2,1-4H3/q-1. The molecule has 0 aromatic carbocycles. The van der Waals surface area contributed by atoms with Gasteiger partial charge in [-0.25, -0.2) is 0 Å². The number of alkyl halides is 3. The van der Waals surface area contributed by atoms with Crippen LogP contribution in [-0.4, -0.2) is 35.9 Å². The number of carbonyl (C=O) groups is 2. The summed E-state index contributed by atoms with van der Waals surface area (Å²) in [5.74, 6) is 0.989. The first-order valence-electron chi connectivity index (χ1n) is 8.41. The van der Waals surface area contributed by atoms with Gasteiger partial charge in [0.15, 0.2) is 0 Å². The second-order valence-electron chi connectivity index (χ2n) is 7.54. The number of fused-ring (bicyclic) bond motifs is 1. The zero-order valence-electron chi connectivity index (χ0n) is 14.0. The first kappa shape index (κ1) is 16.5. The molecule has 1 saturated heterocycles. The van der Waals surface area contributed by atoms with Crippen LogP contribution in [0.15, 0.2) is 0 Å². The molecule has 22 heavy (non-hydrogen) atoms. The molecular formula is C17H28IO4-. The molecule has 2 bridgehead atoms. The Balaban J connectivity index is 1.67. The molecule has 0 amide bonds. The predicted octanol–water partition coefficient (Wildman–Crippen LogP) is -0.0708.